The SMILES string of the molecule is CCCCCCCN(C(=O)C(C)NC(=O)OC(C)(C)C)C(C(=O)Nc1c(C)cccc1Cl)c1ccc(C)cc1C. The Labute approximate surface area is 245 Å². The molecule has 2 aromatic carbocycles. The number of nitrogens with zero attached hydrogens (tertiary/aromatic N) is 1. The van der Waals surface area contributed by atoms with Gasteiger partial charge in [0.1, 0.15) is 17.7 Å². The van der Waals surface area contributed by atoms with Gasteiger partial charge in [-0.25, -0.2) is 4.79 Å². The molecule has 2 atom stereocenters. The van der Waals surface area contributed by atoms with E-state index in [-0.39, 0.29) is 11.8 Å². The van der Waals surface area contributed by atoms with Gasteiger partial charge in [0.2, 0.25) is 5.91 Å². The highest BCUT2D eigenvalue weighted by Crippen LogP contribution is 2.31. The molecule has 220 valence electrons. The lowest BCUT2D eigenvalue weighted by molar-refractivity contribution is -0.140. The Morgan fingerprint density at radius 3 is 2.25 bits per heavy atom. The van der Waals surface area contributed by atoms with E-state index in [0.29, 0.717) is 17.3 Å². The van der Waals surface area contributed by atoms with Crippen molar-refractivity contribution in [3.63, 3.8) is 0 Å². The Kier molecular flexibility index (Phi) is 12.5. The van der Waals surface area contributed by atoms with Crippen LogP contribution >= 0.6 is 11.6 Å². The summed E-state index contributed by atoms with van der Waals surface area (Å²) >= 11 is 6.45. The Hall–Kier alpha value is -3.06. The van der Waals surface area contributed by atoms with Gasteiger partial charge >= 0.3 is 6.09 Å². The molecule has 2 aromatic rings. The minimum absolute atomic E-state index is 0.357. The van der Waals surface area contributed by atoms with Crippen molar-refractivity contribution in [2.24, 2.45) is 0 Å². The van der Waals surface area contributed by atoms with Crippen molar-refractivity contribution in [2.45, 2.75) is 105 Å². The number of nitrogens with one attached hydrogen (secondary N) is 2. The van der Waals surface area contributed by atoms with Crippen molar-refractivity contribution in [2.75, 3.05) is 11.9 Å². The number of hydrogen-bond acceptors (Lipinski definition) is 4. The molecule has 0 saturated carbocycles. The van der Waals surface area contributed by atoms with Gasteiger partial charge in [-0.2, -0.15) is 0 Å². The van der Waals surface area contributed by atoms with Crippen molar-refractivity contribution >= 4 is 35.2 Å². The lowest BCUT2D eigenvalue weighted by Crippen LogP contribution is -2.51. The van der Waals surface area contributed by atoms with Gasteiger partial charge in [-0.15, -0.1) is 0 Å². The van der Waals surface area contributed by atoms with E-state index in [0.717, 1.165) is 54.4 Å². The number of alkyl carbamates (subject to hydrolysis) is 1. The van der Waals surface area contributed by atoms with Crippen LogP contribution in [0.25, 0.3) is 0 Å². The minimum atomic E-state index is -0.933. The molecule has 40 heavy (non-hydrogen) atoms. The zero-order valence-corrected chi connectivity index (χ0v) is 26.1. The highest BCUT2D eigenvalue weighted by Gasteiger charge is 2.35. The van der Waals surface area contributed by atoms with Crippen molar-refractivity contribution < 1.29 is 19.1 Å². The summed E-state index contributed by atoms with van der Waals surface area (Å²) in [5.74, 6) is -0.730. The van der Waals surface area contributed by atoms with E-state index >= 15 is 0 Å². The molecule has 2 N–H and O–H groups in total. The number of rotatable bonds is 12. The summed E-state index contributed by atoms with van der Waals surface area (Å²) in [5.41, 5.74) is 3.29. The highest BCUT2D eigenvalue weighted by atomic mass is 35.5. The molecule has 0 saturated heterocycles. The fourth-order valence-electron chi connectivity index (χ4n) is 4.61. The number of carbonyl (C=O) groups is 3. The van der Waals surface area contributed by atoms with Crippen LogP contribution in [0.4, 0.5) is 10.5 Å². The van der Waals surface area contributed by atoms with Gasteiger partial charge in [-0.05, 0) is 77.6 Å². The molecule has 0 heterocycles. The molecule has 3 amide bonds. The third-order valence-corrected chi connectivity index (χ3v) is 6.95. The third kappa shape index (κ3) is 9.84. The van der Waals surface area contributed by atoms with Crippen molar-refractivity contribution in [3.05, 3.63) is 63.7 Å². The quantitative estimate of drug-likeness (QED) is 0.256. The number of hydrogen-bond donors (Lipinski definition) is 2. The first-order valence-corrected chi connectivity index (χ1v) is 14.6. The molecular formula is C32H46ClN3O4. The smallest absolute Gasteiger partial charge is 0.408 e. The van der Waals surface area contributed by atoms with E-state index in [1.54, 1.807) is 38.7 Å². The van der Waals surface area contributed by atoms with Gasteiger partial charge in [0.15, 0.2) is 0 Å². The number of halogens is 1. The maximum absolute atomic E-state index is 14.1. The van der Waals surface area contributed by atoms with Crippen molar-refractivity contribution in [1.29, 1.82) is 0 Å². The summed E-state index contributed by atoms with van der Waals surface area (Å²) in [4.78, 5) is 42.2. The molecule has 2 unspecified atom stereocenters. The van der Waals surface area contributed by atoms with Crippen LogP contribution in [0.2, 0.25) is 5.02 Å². The predicted molar refractivity (Wildman–Crippen MR) is 163 cm³/mol. The average Bonchev–Trinajstić information content (AvgIpc) is 2.84. The summed E-state index contributed by atoms with van der Waals surface area (Å²) in [5, 5.41) is 6.08. The monoisotopic (exact) mass is 571 g/mol. The lowest BCUT2D eigenvalue weighted by atomic mass is 9.96. The largest absolute Gasteiger partial charge is 0.444 e. The molecule has 0 aromatic heterocycles. The average molecular weight is 572 g/mol. The maximum atomic E-state index is 14.1. The van der Waals surface area contributed by atoms with Gasteiger partial charge in [0.05, 0.1) is 10.7 Å². The fraction of sp³-hybridized carbons (Fsp3) is 0.531. The molecular weight excluding hydrogens is 526 g/mol. The van der Waals surface area contributed by atoms with Crippen LogP contribution in [-0.2, 0) is 14.3 Å². The number of para-hydroxylation sites is 1. The Balaban J connectivity index is 2.51. The van der Waals surface area contributed by atoms with Crippen LogP contribution in [-0.4, -0.2) is 41.0 Å². The van der Waals surface area contributed by atoms with Gasteiger partial charge in [-0.1, -0.05) is 80.1 Å². The van der Waals surface area contributed by atoms with E-state index in [1.807, 2.05) is 51.1 Å². The summed E-state index contributed by atoms with van der Waals surface area (Å²) in [6, 6.07) is 9.42. The first-order chi connectivity index (χ1) is 18.7. The molecule has 0 aliphatic carbocycles. The molecule has 0 spiro atoms. The van der Waals surface area contributed by atoms with Crippen LogP contribution in [0.3, 0.4) is 0 Å². The molecule has 2 rings (SSSR count). The van der Waals surface area contributed by atoms with Crippen LogP contribution in [0, 0.1) is 20.8 Å². The van der Waals surface area contributed by atoms with Crippen LogP contribution < -0.4 is 10.6 Å². The van der Waals surface area contributed by atoms with Crippen LogP contribution in [0.15, 0.2) is 36.4 Å². The Morgan fingerprint density at radius 2 is 1.65 bits per heavy atom. The first kappa shape index (κ1) is 33.1. The molecule has 0 aliphatic rings. The molecule has 0 aliphatic heterocycles. The van der Waals surface area contributed by atoms with Gasteiger partial charge < -0.3 is 20.3 Å². The third-order valence-electron chi connectivity index (χ3n) is 6.64. The number of benzene rings is 2. The highest BCUT2D eigenvalue weighted by molar-refractivity contribution is 6.34. The zero-order valence-electron chi connectivity index (χ0n) is 25.3. The molecule has 0 radical (unpaired) electrons. The second kappa shape index (κ2) is 15.1. The van der Waals surface area contributed by atoms with E-state index in [1.165, 1.54) is 0 Å². The van der Waals surface area contributed by atoms with E-state index in [2.05, 4.69) is 17.6 Å². The molecule has 7 nitrogen and oxygen atoms in total. The van der Waals surface area contributed by atoms with Crippen LogP contribution in [0.5, 0.6) is 0 Å². The number of aryl methyl sites for hydroxylation is 3. The molecule has 0 fully saturated rings. The van der Waals surface area contributed by atoms with Crippen molar-refractivity contribution in [3.8, 4) is 0 Å². The number of amides is 3. The number of anilines is 1. The zero-order chi connectivity index (χ0) is 30.0. The molecule has 8 heteroatoms. The van der Waals surface area contributed by atoms with Crippen molar-refractivity contribution in [1.82, 2.24) is 10.2 Å². The minimum Gasteiger partial charge on any atom is -0.444 e. The normalized spacial score (nSPS) is 12.8. The van der Waals surface area contributed by atoms with E-state index < -0.39 is 23.8 Å². The van der Waals surface area contributed by atoms with Crippen LogP contribution in [0.1, 0.15) is 95.0 Å². The summed E-state index contributed by atoms with van der Waals surface area (Å²) in [6.45, 7) is 15.2. The second-order valence-electron chi connectivity index (χ2n) is 11.5. The topological polar surface area (TPSA) is 87.7 Å². The molecule has 0 bridgehead atoms. The maximum Gasteiger partial charge on any atom is 0.408 e. The fourth-order valence-corrected chi connectivity index (χ4v) is 4.88. The van der Waals surface area contributed by atoms with Gasteiger partial charge in [0, 0.05) is 6.54 Å². The number of carbonyl (C=O) groups excluding carboxylic acids is 3. The second-order valence-corrected chi connectivity index (χ2v) is 11.9. The summed E-state index contributed by atoms with van der Waals surface area (Å²) in [7, 11) is 0. The van der Waals surface area contributed by atoms with Gasteiger partial charge in [-0.3, -0.25) is 9.59 Å². The Bertz CT molecular complexity index is 1150. The Morgan fingerprint density at radius 1 is 0.975 bits per heavy atom. The van der Waals surface area contributed by atoms with E-state index in [4.69, 9.17) is 16.3 Å². The van der Waals surface area contributed by atoms with E-state index in [9.17, 15) is 14.4 Å². The first-order valence-electron chi connectivity index (χ1n) is 14.2. The number of ether oxygens (including phenoxy) is 1. The summed E-state index contributed by atoms with van der Waals surface area (Å²) in [6.07, 6.45) is 4.22. The predicted octanol–water partition coefficient (Wildman–Crippen LogP) is 7.66. The lowest BCUT2D eigenvalue weighted by Gasteiger charge is -2.34. The van der Waals surface area contributed by atoms with Gasteiger partial charge in [0.25, 0.3) is 5.91 Å². The summed E-state index contributed by atoms with van der Waals surface area (Å²) < 4.78 is 5.38. The standard InChI is InChI=1S/C32H46ClN3O4/c1-9-10-11-12-13-19-36(30(38)24(5)34-31(39)40-32(6,7)8)28(25-18-17-21(2)20-23(25)4)29(37)35-27-22(3)15-14-16-26(27)33/h14-18,20,24,28H,9-13,19H2,1-8H3,(H,34,39)(H,35,37). The number of unbranched alkanes of at least 4 members (excludes halogenated alkanes) is 4.